The van der Waals surface area contributed by atoms with Gasteiger partial charge in [0.05, 0.1) is 12.1 Å². The summed E-state index contributed by atoms with van der Waals surface area (Å²) in [5.41, 5.74) is -1.56. The summed E-state index contributed by atoms with van der Waals surface area (Å²) >= 11 is 0. The Bertz CT molecular complexity index is 1480. The van der Waals surface area contributed by atoms with E-state index in [4.69, 9.17) is 19.3 Å². The predicted octanol–water partition coefficient (Wildman–Crippen LogP) is 1.35. The summed E-state index contributed by atoms with van der Waals surface area (Å²) in [6.45, 7) is 1.94. The van der Waals surface area contributed by atoms with E-state index in [2.05, 4.69) is 10.3 Å². The van der Waals surface area contributed by atoms with Gasteiger partial charge in [-0.15, -0.1) is 0 Å². The average Bonchev–Trinajstić information content (AvgIpc) is 2.99. The summed E-state index contributed by atoms with van der Waals surface area (Å²) in [6, 6.07) is 4.27. The number of aliphatic carboxylic acids is 3. The number of rotatable bonds is 13. The quantitative estimate of drug-likeness (QED) is 0.246. The molecule has 2 fully saturated rings. The van der Waals surface area contributed by atoms with Crippen LogP contribution in [-0.2, 0) is 23.9 Å². The maximum atomic E-state index is 13.5. The van der Waals surface area contributed by atoms with Gasteiger partial charge < -0.3 is 44.6 Å². The van der Waals surface area contributed by atoms with Gasteiger partial charge >= 0.3 is 24.0 Å². The highest BCUT2D eigenvalue weighted by Gasteiger charge is 2.47. The number of aromatic nitrogens is 1. The maximum Gasteiger partial charge on any atom is 0.409 e. The third-order valence-electron chi connectivity index (χ3n) is 7.56. The van der Waals surface area contributed by atoms with Crippen LogP contribution in [0, 0.1) is 0 Å². The van der Waals surface area contributed by atoms with E-state index in [-0.39, 0.29) is 80.1 Å². The predicted molar refractivity (Wildman–Crippen MR) is 153 cm³/mol. The lowest BCUT2D eigenvalue weighted by atomic mass is 9.80. The van der Waals surface area contributed by atoms with Gasteiger partial charge in [-0.2, -0.15) is 0 Å². The van der Waals surface area contributed by atoms with Gasteiger partial charge in [-0.3, -0.25) is 14.4 Å². The van der Waals surface area contributed by atoms with E-state index in [1.54, 1.807) is 6.92 Å². The number of amides is 3. The van der Waals surface area contributed by atoms with Crippen LogP contribution in [0.25, 0.3) is 10.9 Å². The van der Waals surface area contributed by atoms with Crippen LogP contribution < -0.4 is 14.8 Å². The first kappa shape index (κ1) is 32.8. The van der Waals surface area contributed by atoms with Crippen LogP contribution in [0.2, 0.25) is 0 Å². The van der Waals surface area contributed by atoms with Gasteiger partial charge in [0.1, 0.15) is 23.2 Å². The van der Waals surface area contributed by atoms with Crippen molar-refractivity contribution in [3.05, 3.63) is 30.0 Å². The second-order valence-electron chi connectivity index (χ2n) is 10.6. The average molecular weight is 631 g/mol. The Morgan fingerprint density at radius 2 is 1.67 bits per heavy atom. The minimum absolute atomic E-state index is 0.0171. The Labute approximate surface area is 256 Å². The highest BCUT2D eigenvalue weighted by Crippen LogP contribution is 2.40. The smallest absolute Gasteiger partial charge is 0.409 e. The van der Waals surface area contributed by atoms with Crippen molar-refractivity contribution >= 4 is 46.7 Å². The van der Waals surface area contributed by atoms with Gasteiger partial charge in [0.2, 0.25) is 11.5 Å². The summed E-state index contributed by atoms with van der Waals surface area (Å²) < 4.78 is 16.2. The normalized spacial score (nSPS) is 16.2. The molecule has 3 amide bonds. The molecule has 2 heterocycles. The van der Waals surface area contributed by atoms with Crippen LogP contribution in [0.1, 0.15) is 49.5 Å². The van der Waals surface area contributed by atoms with E-state index in [1.165, 1.54) is 34.1 Å². The molecule has 2 aliphatic rings. The van der Waals surface area contributed by atoms with Gasteiger partial charge in [0.15, 0.2) is 6.61 Å². The lowest BCUT2D eigenvalue weighted by Gasteiger charge is -2.38. The Kier molecular flexibility index (Phi) is 10.3. The third-order valence-corrected chi connectivity index (χ3v) is 7.56. The van der Waals surface area contributed by atoms with E-state index < -0.39 is 60.5 Å². The van der Waals surface area contributed by atoms with E-state index in [0.29, 0.717) is 6.42 Å². The molecule has 242 valence electrons. The number of carboxylic acid groups (broad SMARTS) is 3. The summed E-state index contributed by atoms with van der Waals surface area (Å²) in [6.07, 6.45) is -0.0961. The van der Waals surface area contributed by atoms with E-state index in [1.807, 2.05) is 0 Å². The number of benzene rings is 1. The molecule has 1 aromatic heterocycles. The molecule has 0 bridgehead atoms. The number of ether oxygens (including phenoxy) is 3. The summed E-state index contributed by atoms with van der Waals surface area (Å²) in [7, 11) is 0. The molecule has 16 heteroatoms. The highest BCUT2D eigenvalue weighted by atomic mass is 16.6. The minimum Gasteiger partial charge on any atom is -0.482 e. The summed E-state index contributed by atoms with van der Waals surface area (Å²) in [4.78, 5) is 80.6. The Morgan fingerprint density at radius 3 is 2.24 bits per heavy atom. The first-order valence-corrected chi connectivity index (χ1v) is 14.4. The van der Waals surface area contributed by atoms with Gasteiger partial charge in [0.25, 0.3) is 5.91 Å². The van der Waals surface area contributed by atoms with Crippen LogP contribution in [0.4, 0.5) is 4.79 Å². The molecule has 1 saturated heterocycles. The van der Waals surface area contributed by atoms with Crippen molar-refractivity contribution in [1.29, 1.82) is 0 Å². The fourth-order valence-electron chi connectivity index (χ4n) is 4.98. The third kappa shape index (κ3) is 7.87. The zero-order valence-corrected chi connectivity index (χ0v) is 24.5. The van der Waals surface area contributed by atoms with Crippen molar-refractivity contribution < 1.29 is 58.3 Å². The zero-order chi connectivity index (χ0) is 32.7. The molecule has 0 spiro atoms. The van der Waals surface area contributed by atoms with Crippen LogP contribution >= 0.6 is 0 Å². The Balaban J connectivity index is 1.60. The van der Waals surface area contributed by atoms with Crippen molar-refractivity contribution in [2.75, 3.05) is 39.4 Å². The van der Waals surface area contributed by atoms with Gasteiger partial charge in [-0.25, -0.2) is 19.4 Å². The Hall–Kier alpha value is -5.15. The topological polar surface area (TPSA) is 222 Å². The molecule has 4 N–H and O–H groups in total. The Morgan fingerprint density at radius 1 is 0.978 bits per heavy atom. The molecular weight excluding hydrogens is 596 g/mol. The SMILES string of the molecule is CCOC(=O)N1CCN(C(=O)C(CCC(=O)O)NC(=O)c2cc(OC3(C(=O)O)CCC3)c3cc(OCC(=O)O)ccc3n2)CC1. The lowest BCUT2D eigenvalue weighted by Crippen LogP contribution is -2.56. The van der Waals surface area contributed by atoms with Crippen molar-refractivity contribution in [2.24, 2.45) is 0 Å². The molecule has 1 aliphatic carbocycles. The fourth-order valence-corrected chi connectivity index (χ4v) is 4.98. The number of pyridine rings is 1. The summed E-state index contributed by atoms with van der Waals surface area (Å²) in [5, 5.41) is 30.9. The van der Waals surface area contributed by atoms with E-state index >= 15 is 0 Å². The maximum absolute atomic E-state index is 13.5. The molecule has 1 aliphatic heterocycles. The van der Waals surface area contributed by atoms with Crippen molar-refractivity contribution in [3.8, 4) is 11.5 Å². The molecule has 4 rings (SSSR count). The van der Waals surface area contributed by atoms with Crippen LogP contribution in [-0.4, -0.2) is 117 Å². The highest BCUT2D eigenvalue weighted by molar-refractivity contribution is 6.00. The van der Waals surface area contributed by atoms with Crippen LogP contribution in [0.5, 0.6) is 11.5 Å². The fraction of sp³-hybridized carbons (Fsp3) is 0.483. The minimum atomic E-state index is -1.54. The van der Waals surface area contributed by atoms with Crippen LogP contribution in [0.3, 0.4) is 0 Å². The molecule has 45 heavy (non-hydrogen) atoms. The number of hydrogen-bond acceptors (Lipinski definition) is 10. The second kappa shape index (κ2) is 14.1. The van der Waals surface area contributed by atoms with Crippen molar-refractivity contribution in [2.45, 2.75) is 50.7 Å². The van der Waals surface area contributed by atoms with E-state index in [9.17, 15) is 39.0 Å². The molecule has 1 aromatic carbocycles. The summed E-state index contributed by atoms with van der Waals surface area (Å²) in [5.74, 6) is -4.81. The largest absolute Gasteiger partial charge is 0.482 e. The number of carbonyl (C=O) groups is 6. The number of hydrogen-bond donors (Lipinski definition) is 4. The number of nitrogens with zero attached hydrogens (tertiary/aromatic N) is 3. The van der Waals surface area contributed by atoms with Gasteiger partial charge in [-0.1, -0.05) is 0 Å². The molecule has 1 unspecified atom stereocenters. The molecular formula is C29H34N4O12. The number of carboxylic acids is 3. The second-order valence-corrected chi connectivity index (χ2v) is 10.6. The number of piperazine rings is 1. The molecule has 0 radical (unpaired) electrons. The van der Waals surface area contributed by atoms with Gasteiger partial charge in [-0.05, 0) is 50.8 Å². The zero-order valence-electron chi connectivity index (χ0n) is 24.5. The number of carbonyl (C=O) groups excluding carboxylic acids is 3. The van der Waals surface area contributed by atoms with Crippen LogP contribution in [0.15, 0.2) is 24.3 Å². The molecule has 1 saturated carbocycles. The first-order chi connectivity index (χ1) is 21.4. The van der Waals surface area contributed by atoms with Gasteiger partial charge in [0, 0.05) is 44.1 Å². The standard InChI is InChI=1S/C29H34N4O12/c1-2-43-28(42)33-12-10-32(11-13-33)26(39)20(6-7-23(34)35)31-25(38)21-15-22(45-29(27(40)41)8-3-9-29)18-14-17(44-16-24(36)37)4-5-19(18)30-21/h4-5,14-15,20H,2-3,6-13,16H2,1H3,(H,31,38)(H,34,35)(H,36,37)(H,40,41). The molecule has 16 nitrogen and oxygen atoms in total. The van der Waals surface area contributed by atoms with Crippen molar-refractivity contribution in [1.82, 2.24) is 20.1 Å². The molecule has 2 aromatic rings. The lowest BCUT2D eigenvalue weighted by molar-refractivity contribution is -0.163. The monoisotopic (exact) mass is 630 g/mol. The number of nitrogens with one attached hydrogen (secondary N) is 1. The number of fused-ring (bicyclic) bond motifs is 1. The first-order valence-electron chi connectivity index (χ1n) is 14.4. The van der Waals surface area contributed by atoms with Crippen molar-refractivity contribution in [3.63, 3.8) is 0 Å². The van der Waals surface area contributed by atoms with E-state index in [0.717, 1.165) is 0 Å². The molecule has 1 atom stereocenters.